The Morgan fingerprint density at radius 1 is 1.08 bits per heavy atom. The zero-order valence-corrected chi connectivity index (χ0v) is 12.8. The van der Waals surface area contributed by atoms with Gasteiger partial charge in [0.15, 0.2) is 0 Å². The Balaban J connectivity index is 0.000000194. The van der Waals surface area contributed by atoms with Gasteiger partial charge in [-0.25, -0.2) is 9.97 Å². The number of hydrogen-bond donors (Lipinski definition) is 2. The van der Waals surface area contributed by atoms with Crippen LogP contribution in [0.1, 0.15) is 5.56 Å². The number of ketones is 1. The molecule has 0 radical (unpaired) electrons. The van der Waals surface area contributed by atoms with E-state index in [4.69, 9.17) is 5.73 Å². The number of nitrogens with one attached hydrogen (secondary N) is 2. The number of imidazole rings is 1. The highest BCUT2D eigenvalue weighted by molar-refractivity contribution is 5.98. The standard InChI is InChI=1S/C10H7F3O2.C7H7N3/c11-10(12,13)9(15)6-8(14)7-4-2-1-3-5-7;8-7-9-5-3-1-2-4-6(5)10-7/h1-6,14H;1-4H,(H3,8,9,10)/b8-6-;. The summed E-state index contributed by atoms with van der Waals surface area (Å²) >= 11 is 0. The maximum atomic E-state index is 11.8. The van der Waals surface area contributed by atoms with Crippen LogP contribution in [0.2, 0.25) is 0 Å². The average Bonchev–Trinajstić information content (AvgIpc) is 2.95. The van der Waals surface area contributed by atoms with E-state index in [9.17, 15) is 23.1 Å². The first-order chi connectivity index (χ1) is 11.8. The van der Waals surface area contributed by atoms with Crippen molar-refractivity contribution in [1.82, 2.24) is 4.98 Å². The Hall–Kier alpha value is -3.29. The second-order valence-electron chi connectivity index (χ2n) is 4.95. The van der Waals surface area contributed by atoms with Gasteiger partial charge in [-0.15, -0.1) is 0 Å². The third-order valence-corrected chi connectivity index (χ3v) is 3.07. The Bertz CT molecular complexity index is 854. The first kappa shape index (κ1) is 18.1. The van der Waals surface area contributed by atoms with Crippen LogP contribution in [0, 0.1) is 0 Å². The van der Waals surface area contributed by atoms with Crippen molar-refractivity contribution in [1.29, 1.82) is 0 Å². The van der Waals surface area contributed by atoms with Gasteiger partial charge in [-0.2, -0.15) is 13.2 Å². The number of hydrogen-bond acceptors (Lipinski definition) is 3. The number of allylic oxidation sites excluding steroid dienone is 1. The third-order valence-electron chi connectivity index (χ3n) is 3.07. The Morgan fingerprint density at radius 2 is 1.68 bits per heavy atom. The lowest BCUT2D eigenvalue weighted by atomic mass is 10.1. The van der Waals surface area contributed by atoms with Gasteiger partial charge in [0.05, 0.1) is 0 Å². The lowest BCUT2D eigenvalue weighted by Crippen LogP contribution is -2.21. The highest BCUT2D eigenvalue weighted by Gasteiger charge is 2.36. The van der Waals surface area contributed by atoms with Crippen LogP contribution in [0.5, 0.6) is 0 Å². The summed E-state index contributed by atoms with van der Waals surface area (Å²) in [5.74, 6) is -2.49. The Kier molecular flexibility index (Phi) is 5.43. The molecule has 0 fully saturated rings. The minimum atomic E-state index is -5.00. The molecule has 25 heavy (non-hydrogen) atoms. The number of fused-ring (bicyclic) bond motifs is 1. The van der Waals surface area contributed by atoms with Gasteiger partial charge in [-0.3, -0.25) is 10.5 Å². The van der Waals surface area contributed by atoms with Crippen LogP contribution in [-0.2, 0) is 4.79 Å². The smallest absolute Gasteiger partial charge is 0.454 e. The van der Waals surface area contributed by atoms with Crippen LogP contribution >= 0.6 is 0 Å². The molecule has 2 aromatic carbocycles. The number of aromatic amines is 2. The fraction of sp³-hybridized carbons (Fsp3) is 0.0588. The molecule has 0 saturated heterocycles. The van der Waals surface area contributed by atoms with E-state index in [0.717, 1.165) is 11.0 Å². The van der Waals surface area contributed by atoms with Gasteiger partial charge >= 0.3 is 12.1 Å². The largest absolute Gasteiger partial charge is 0.872 e. The molecule has 0 spiro atoms. The van der Waals surface area contributed by atoms with Crippen molar-refractivity contribution >= 4 is 28.5 Å². The second kappa shape index (κ2) is 7.52. The second-order valence-corrected chi connectivity index (χ2v) is 4.95. The molecule has 8 heteroatoms. The molecule has 130 valence electrons. The summed E-state index contributed by atoms with van der Waals surface area (Å²) in [5.41, 5.74) is 7.61. The number of anilines is 1. The van der Waals surface area contributed by atoms with E-state index in [0.29, 0.717) is 5.95 Å². The molecule has 1 aromatic heterocycles. The number of rotatable bonds is 2. The van der Waals surface area contributed by atoms with Gasteiger partial charge in [0.1, 0.15) is 11.0 Å². The van der Waals surface area contributed by atoms with E-state index < -0.39 is 17.7 Å². The summed E-state index contributed by atoms with van der Waals surface area (Å²) in [6.45, 7) is 0. The van der Waals surface area contributed by atoms with Gasteiger partial charge in [-0.1, -0.05) is 48.2 Å². The summed E-state index contributed by atoms with van der Waals surface area (Å²) in [4.78, 5) is 16.4. The zero-order chi connectivity index (χ0) is 18.4. The van der Waals surface area contributed by atoms with Gasteiger partial charge in [-0.05, 0) is 23.8 Å². The predicted octanol–water partition coefficient (Wildman–Crippen LogP) is 2.08. The molecule has 5 nitrogen and oxygen atoms in total. The molecular weight excluding hydrogens is 335 g/mol. The molecule has 0 bridgehead atoms. The van der Waals surface area contributed by atoms with E-state index in [2.05, 4.69) is 9.97 Å². The Labute approximate surface area is 140 Å². The first-order valence-corrected chi connectivity index (χ1v) is 7.08. The maximum Gasteiger partial charge on any atom is 0.454 e. The zero-order valence-electron chi connectivity index (χ0n) is 12.8. The number of H-pyrrole nitrogens is 2. The summed E-state index contributed by atoms with van der Waals surface area (Å²) in [6.07, 6.45) is -4.94. The number of nitrogen functional groups attached to an aromatic ring is 1. The van der Waals surface area contributed by atoms with Crippen LogP contribution in [-0.4, -0.2) is 16.9 Å². The minimum absolute atomic E-state index is 0.0509. The molecule has 0 atom stereocenters. The van der Waals surface area contributed by atoms with E-state index in [-0.39, 0.29) is 11.6 Å². The lowest BCUT2D eigenvalue weighted by Gasteiger charge is -2.12. The molecule has 0 amide bonds. The van der Waals surface area contributed by atoms with E-state index >= 15 is 0 Å². The van der Waals surface area contributed by atoms with Crippen molar-refractivity contribution in [3.63, 3.8) is 0 Å². The maximum absolute atomic E-state index is 11.8. The molecule has 0 aliphatic carbocycles. The number of para-hydroxylation sites is 2. The SMILES string of the molecule is Nc1[nH]c2ccccc2[nH+]1.O=C(/C=C(\[O-])c1ccccc1)C(F)(F)F. The quantitative estimate of drug-likeness (QED) is 0.548. The van der Waals surface area contributed by atoms with Gasteiger partial charge in [0.2, 0.25) is 0 Å². The highest BCUT2D eigenvalue weighted by atomic mass is 19.4. The number of halogens is 3. The Morgan fingerprint density at radius 3 is 2.28 bits per heavy atom. The molecule has 4 N–H and O–H groups in total. The molecule has 1 heterocycles. The number of carbonyl (C=O) groups is 1. The number of alkyl halides is 3. The average molecular weight is 349 g/mol. The van der Waals surface area contributed by atoms with Crippen molar-refractivity contribution in [2.45, 2.75) is 6.18 Å². The molecule has 0 aliphatic heterocycles. The molecule has 3 aromatic rings. The number of nitrogens with two attached hydrogens (primary N) is 1. The van der Waals surface area contributed by atoms with Crippen LogP contribution in [0.4, 0.5) is 19.1 Å². The molecule has 0 saturated carbocycles. The van der Waals surface area contributed by atoms with Crippen molar-refractivity contribution in [2.24, 2.45) is 0 Å². The van der Waals surface area contributed by atoms with Crippen molar-refractivity contribution in [3.05, 3.63) is 66.2 Å². The third kappa shape index (κ3) is 5.10. The fourth-order valence-electron chi connectivity index (χ4n) is 1.91. The van der Waals surface area contributed by atoms with Crippen molar-refractivity contribution in [3.8, 4) is 0 Å². The van der Waals surface area contributed by atoms with Crippen LogP contribution < -0.4 is 15.8 Å². The number of carbonyl (C=O) groups excluding carboxylic acids is 1. The molecule has 0 aliphatic rings. The summed E-state index contributed by atoms with van der Waals surface area (Å²) < 4.78 is 35.4. The minimum Gasteiger partial charge on any atom is -0.872 e. The summed E-state index contributed by atoms with van der Waals surface area (Å²) in [6, 6.07) is 15.2. The van der Waals surface area contributed by atoms with Crippen LogP contribution in [0.25, 0.3) is 16.8 Å². The van der Waals surface area contributed by atoms with Crippen molar-refractivity contribution < 1.29 is 28.1 Å². The highest BCUT2D eigenvalue weighted by Crippen LogP contribution is 2.18. The lowest BCUT2D eigenvalue weighted by molar-refractivity contribution is -0.325. The number of aromatic nitrogens is 2. The van der Waals surface area contributed by atoms with E-state index in [1.54, 1.807) is 6.07 Å². The van der Waals surface area contributed by atoms with Crippen molar-refractivity contribution in [2.75, 3.05) is 5.73 Å². The topological polar surface area (TPSA) is 96.1 Å². The molecular formula is C17H14F3N3O2. The monoisotopic (exact) mass is 349 g/mol. The van der Waals surface area contributed by atoms with E-state index in [1.165, 1.54) is 24.3 Å². The molecule has 0 unspecified atom stereocenters. The van der Waals surface area contributed by atoms with Gasteiger partial charge < -0.3 is 5.11 Å². The fourth-order valence-corrected chi connectivity index (χ4v) is 1.91. The first-order valence-electron chi connectivity index (χ1n) is 7.08. The summed E-state index contributed by atoms with van der Waals surface area (Å²) in [7, 11) is 0. The van der Waals surface area contributed by atoms with Crippen LogP contribution in [0.15, 0.2) is 60.7 Å². The number of benzene rings is 2. The van der Waals surface area contributed by atoms with Gasteiger partial charge in [0, 0.05) is 0 Å². The molecule has 3 rings (SSSR count). The summed E-state index contributed by atoms with van der Waals surface area (Å²) in [5, 5.41) is 11.1. The van der Waals surface area contributed by atoms with Gasteiger partial charge in [0.25, 0.3) is 5.78 Å². The normalized spacial score (nSPS) is 11.7. The predicted molar refractivity (Wildman–Crippen MR) is 84.7 cm³/mol. The van der Waals surface area contributed by atoms with Crippen LogP contribution in [0.3, 0.4) is 0 Å². The van der Waals surface area contributed by atoms with E-state index in [1.807, 2.05) is 24.3 Å².